The van der Waals surface area contributed by atoms with Crippen LogP contribution < -0.4 is 5.32 Å². The van der Waals surface area contributed by atoms with Gasteiger partial charge in [-0.1, -0.05) is 20.8 Å². The monoisotopic (exact) mass is 299 g/mol. The Labute approximate surface area is 132 Å². The summed E-state index contributed by atoms with van der Waals surface area (Å²) in [5.74, 6) is 0.899. The lowest BCUT2D eigenvalue weighted by Crippen LogP contribution is -2.36. The lowest BCUT2D eigenvalue weighted by atomic mass is 9.71. The van der Waals surface area contributed by atoms with Gasteiger partial charge in [-0.3, -0.25) is 0 Å². The molecular formula is C18H37NO2. The fourth-order valence-electron chi connectivity index (χ4n) is 3.33. The minimum Gasteiger partial charge on any atom is -0.353 e. The maximum Gasteiger partial charge on any atom is 0.157 e. The fourth-order valence-corrected chi connectivity index (χ4v) is 3.33. The summed E-state index contributed by atoms with van der Waals surface area (Å²) < 4.78 is 11.2. The molecule has 0 unspecified atom stereocenters. The Hall–Kier alpha value is -0.120. The van der Waals surface area contributed by atoms with Crippen molar-refractivity contribution in [3.05, 3.63) is 0 Å². The second kappa shape index (κ2) is 9.81. The van der Waals surface area contributed by atoms with Crippen LogP contribution in [0.2, 0.25) is 0 Å². The number of ether oxygens (including phenoxy) is 2. The van der Waals surface area contributed by atoms with E-state index >= 15 is 0 Å². The second-order valence-corrected chi connectivity index (χ2v) is 7.35. The number of rotatable bonds is 9. The normalized spacial score (nSPS) is 23.7. The average Bonchev–Trinajstić information content (AvgIpc) is 2.43. The van der Waals surface area contributed by atoms with Gasteiger partial charge in [0.15, 0.2) is 6.29 Å². The third-order valence-corrected chi connectivity index (χ3v) is 4.71. The number of hydrogen-bond acceptors (Lipinski definition) is 3. The SMILES string of the molecule is CCOC(CCCNC1CCC(C(C)(C)C)CC1)OCC. The van der Waals surface area contributed by atoms with Crippen molar-refractivity contribution in [1.82, 2.24) is 5.32 Å². The molecule has 0 atom stereocenters. The minimum absolute atomic E-state index is 0.0153. The van der Waals surface area contributed by atoms with Gasteiger partial charge >= 0.3 is 0 Å². The molecule has 0 saturated heterocycles. The molecule has 1 rings (SSSR count). The van der Waals surface area contributed by atoms with Crippen LogP contribution in [-0.4, -0.2) is 32.1 Å². The van der Waals surface area contributed by atoms with E-state index in [9.17, 15) is 0 Å². The van der Waals surface area contributed by atoms with E-state index < -0.39 is 0 Å². The van der Waals surface area contributed by atoms with Crippen molar-refractivity contribution >= 4 is 0 Å². The Morgan fingerprint density at radius 2 is 1.57 bits per heavy atom. The summed E-state index contributed by atoms with van der Waals surface area (Å²) in [6.07, 6.45) is 7.53. The van der Waals surface area contributed by atoms with Crippen LogP contribution in [0.25, 0.3) is 0 Å². The molecule has 126 valence electrons. The van der Waals surface area contributed by atoms with Crippen LogP contribution in [-0.2, 0) is 9.47 Å². The van der Waals surface area contributed by atoms with Gasteiger partial charge < -0.3 is 14.8 Å². The molecule has 3 heteroatoms. The van der Waals surface area contributed by atoms with Crippen molar-refractivity contribution < 1.29 is 9.47 Å². The molecule has 0 aromatic carbocycles. The molecular weight excluding hydrogens is 262 g/mol. The zero-order valence-electron chi connectivity index (χ0n) is 14.9. The van der Waals surface area contributed by atoms with Crippen molar-refractivity contribution in [2.45, 2.75) is 85.5 Å². The molecule has 0 heterocycles. The Kier molecular flexibility index (Phi) is 8.84. The highest BCUT2D eigenvalue weighted by Gasteiger charge is 2.29. The largest absolute Gasteiger partial charge is 0.353 e. The second-order valence-electron chi connectivity index (χ2n) is 7.35. The van der Waals surface area contributed by atoms with Crippen molar-refractivity contribution in [2.24, 2.45) is 11.3 Å². The predicted molar refractivity (Wildman–Crippen MR) is 89.5 cm³/mol. The van der Waals surface area contributed by atoms with Crippen LogP contribution in [0, 0.1) is 11.3 Å². The summed E-state index contributed by atoms with van der Waals surface area (Å²) in [7, 11) is 0. The highest BCUT2D eigenvalue weighted by atomic mass is 16.7. The number of hydrogen-bond donors (Lipinski definition) is 1. The third kappa shape index (κ3) is 7.62. The van der Waals surface area contributed by atoms with Crippen LogP contribution in [0.4, 0.5) is 0 Å². The van der Waals surface area contributed by atoms with Gasteiger partial charge in [0.2, 0.25) is 0 Å². The van der Waals surface area contributed by atoms with E-state index in [0.29, 0.717) is 5.41 Å². The molecule has 1 saturated carbocycles. The fraction of sp³-hybridized carbons (Fsp3) is 1.00. The summed E-state index contributed by atoms with van der Waals surface area (Å²) in [5.41, 5.74) is 0.479. The van der Waals surface area contributed by atoms with Crippen LogP contribution in [0.1, 0.15) is 73.1 Å². The smallest absolute Gasteiger partial charge is 0.157 e. The maximum absolute atomic E-state index is 5.58. The van der Waals surface area contributed by atoms with Gasteiger partial charge in [-0.25, -0.2) is 0 Å². The molecule has 1 fully saturated rings. The van der Waals surface area contributed by atoms with Gasteiger partial charge in [0, 0.05) is 19.3 Å². The summed E-state index contributed by atoms with van der Waals surface area (Å²) in [5, 5.41) is 3.72. The zero-order valence-corrected chi connectivity index (χ0v) is 14.9. The molecule has 0 aromatic heterocycles. The maximum atomic E-state index is 5.58. The Morgan fingerprint density at radius 1 is 1.00 bits per heavy atom. The lowest BCUT2D eigenvalue weighted by Gasteiger charge is -2.37. The van der Waals surface area contributed by atoms with E-state index in [1.54, 1.807) is 0 Å². The highest BCUT2D eigenvalue weighted by Crippen LogP contribution is 2.37. The molecule has 1 N–H and O–H groups in total. The predicted octanol–water partition coefficient (Wildman–Crippen LogP) is 4.36. The standard InChI is InChI=1S/C18H37NO2/c1-6-20-17(21-7-2)9-8-14-19-16-12-10-15(11-13-16)18(3,4)5/h15-17,19H,6-14H2,1-5H3. The lowest BCUT2D eigenvalue weighted by molar-refractivity contribution is -0.139. The van der Waals surface area contributed by atoms with E-state index in [1.165, 1.54) is 25.7 Å². The minimum atomic E-state index is -0.0153. The summed E-state index contributed by atoms with van der Waals surface area (Å²) >= 11 is 0. The first-order valence-electron chi connectivity index (χ1n) is 8.94. The van der Waals surface area contributed by atoms with E-state index in [2.05, 4.69) is 26.1 Å². The molecule has 3 nitrogen and oxygen atoms in total. The summed E-state index contributed by atoms with van der Waals surface area (Å²) in [6, 6.07) is 0.723. The molecule has 1 aliphatic rings. The first kappa shape index (κ1) is 18.9. The van der Waals surface area contributed by atoms with Crippen LogP contribution in [0.15, 0.2) is 0 Å². The van der Waals surface area contributed by atoms with E-state index in [1.807, 2.05) is 13.8 Å². The van der Waals surface area contributed by atoms with Gasteiger partial charge in [0.1, 0.15) is 0 Å². The average molecular weight is 299 g/mol. The van der Waals surface area contributed by atoms with E-state index in [0.717, 1.165) is 44.6 Å². The van der Waals surface area contributed by atoms with E-state index in [-0.39, 0.29) is 6.29 Å². The molecule has 21 heavy (non-hydrogen) atoms. The molecule has 0 aromatic rings. The van der Waals surface area contributed by atoms with Gasteiger partial charge in [-0.15, -0.1) is 0 Å². The van der Waals surface area contributed by atoms with Crippen LogP contribution in [0.3, 0.4) is 0 Å². The molecule has 1 aliphatic carbocycles. The zero-order chi connectivity index (χ0) is 15.7. The topological polar surface area (TPSA) is 30.5 Å². The first-order chi connectivity index (χ1) is 9.97. The quantitative estimate of drug-likeness (QED) is 0.507. The van der Waals surface area contributed by atoms with Crippen LogP contribution >= 0.6 is 0 Å². The van der Waals surface area contributed by atoms with Crippen molar-refractivity contribution in [3.8, 4) is 0 Å². The Morgan fingerprint density at radius 3 is 2.05 bits per heavy atom. The Balaban J connectivity index is 2.11. The summed E-state index contributed by atoms with van der Waals surface area (Å²) in [6.45, 7) is 13.7. The van der Waals surface area contributed by atoms with Crippen molar-refractivity contribution in [1.29, 1.82) is 0 Å². The van der Waals surface area contributed by atoms with Crippen LogP contribution in [0.5, 0.6) is 0 Å². The van der Waals surface area contributed by atoms with Gasteiger partial charge in [0.05, 0.1) is 0 Å². The molecule has 0 spiro atoms. The van der Waals surface area contributed by atoms with Gasteiger partial charge in [-0.05, 0) is 70.3 Å². The van der Waals surface area contributed by atoms with Crippen molar-refractivity contribution in [2.75, 3.05) is 19.8 Å². The molecule has 0 radical (unpaired) electrons. The van der Waals surface area contributed by atoms with E-state index in [4.69, 9.17) is 9.47 Å². The first-order valence-corrected chi connectivity index (χ1v) is 8.94. The molecule has 0 amide bonds. The third-order valence-electron chi connectivity index (χ3n) is 4.71. The van der Waals surface area contributed by atoms with Crippen molar-refractivity contribution in [3.63, 3.8) is 0 Å². The Bertz CT molecular complexity index is 248. The van der Waals surface area contributed by atoms with Gasteiger partial charge in [0.25, 0.3) is 0 Å². The highest BCUT2D eigenvalue weighted by molar-refractivity contribution is 4.83. The summed E-state index contributed by atoms with van der Waals surface area (Å²) in [4.78, 5) is 0. The number of nitrogens with one attached hydrogen (secondary N) is 1. The molecule has 0 bridgehead atoms. The molecule has 0 aliphatic heterocycles. The van der Waals surface area contributed by atoms with Gasteiger partial charge in [-0.2, -0.15) is 0 Å².